The number of benzene rings is 1. The molecule has 4 nitrogen and oxygen atoms in total. The number of hydrogen-bond donors (Lipinski definition) is 1. The van der Waals surface area contributed by atoms with E-state index >= 15 is 0 Å². The number of piperazine rings is 1. The van der Waals surface area contributed by atoms with Gasteiger partial charge in [-0.1, -0.05) is 15.9 Å². The molecule has 1 N–H and O–H groups in total. The van der Waals surface area contributed by atoms with Crippen molar-refractivity contribution in [1.82, 2.24) is 14.7 Å². The highest BCUT2D eigenvalue weighted by Crippen LogP contribution is 2.23. The zero-order chi connectivity index (χ0) is 14.5. The second-order valence-electron chi connectivity index (χ2n) is 5.70. The van der Waals surface area contributed by atoms with Gasteiger partial charge < -0.3 is 10.0 Å². The number of aromatic hydroxyl groups is 1. The predicted octanol–water partition coefficient (Wildman–Crippen LogP) is 1.83. The maximum Gasteiger partial charge on any atom is 0.115 e. The molecule has 112 valence electrons. The molecule has 1 aromatic rings. The minimum atomic E-state index is 0.341. The SMILES string of the molecule is CN(C)CCN1CCN(Cc2cc(O)ccc2Br)CC1. The smallest absolute Gasteiger partial charge is 0.115 e. The Hall–Kier alpha value is -0.620. The fraction of sp³-hybridized carbons (Fsp3) is 0.600. The van der Waals surface area contributed by atoms with E-state index in [1.807, 2.05) is 12.1 Å². The topological polar surface area (TPSA) is 30.0 Å². The average Bonchev–Trinajstić information content (AvgIpc) is 2.42. The molecule has 2 rings (SSSR count). The highest BCUT2D eigenvalue weighted by atomic mass is 79.9. The minimum absolute atomic E-state index is 0.341. The van der Waals surface area contributed by atoms with Gasteiger partial charge in [0.1, 0.15) is 5.75 Å². The number of phenolic OH excluding ortho intramolecular Hbond substituents is 1. The molecule has 0 radical (unpaired) electrons. The Morgan fingerprint density at radius 3 is 2.45 bits per heavy atom. The van der Waals surface area contributed by atoms with E-state index in [9.17, 15) is 5.11 Å². The summed E-state index contributed by atoms with van der Waals surface area (Å²) < 4.78 is 1.07. The van der Waals surface area contributed by atoms with E-state index in [-0.39, 0.29) is 0 Å². The average molecular weight is 342 g/mol. The van der Waals surface area contributed by atoms with Crippen molar-refractivity contribution >= 4 is 15.9 Å². The van der Waals surface area contributed by atoms with Crippen molar-refractivity contribution in [2.75, 3.05) is 53.4 Å². The fourth-order valence-electron chi connectivity index (χ4n) is 2.44. The third kappa shape index (κ3) is 4.74. The summed E-state index contributed by atoms with van der Waals surface area (Å²) in [5.41, 5.74) is 1.16. The molecule has 1 aliphatic rings. The summed E-state index contributed by atoms with van der Waals surface area (Å²) in [6.45, 7) is 7.62. The van der Waals surface area contributed by atoms with Gasteiger partial charge in [0.2, 0.25) is 0 Å². The van der Waals surface area contributed by atoms with Gasteiger partial charge in [-0.25, -0.2) is 0 Å². The molecule has 0 atom stereocenters. The predicted molar refractivity (Wildman–Crippen MR) is 86.1 cm³/mol. The van der Waals surface area contributed by atoms with Gasteiger partial charge in [0.15, 0.2) is 0 Å². The molecule has 1 fully saturated rings. The maximum absolute atomic E-state index is 9.58. The lowest BCUT2D eigenvalue weighted by Crippen LogP contribution is -2.47. The summed E-state index contributed by atoms with van der Waals surface area (Å²) in [7, 11) is 4.24. The van der Waals surface area contributed by atoms with E-state index in [1.54, 1.807) is 6.07 Å². The van der Waals surface area contributed by atoms with Crippen molar-refractivity contribution in [2.24, 2.45) is 0 Å². The van der Waals surface area contributed by atoms with Crippen molar-refractivity contribution < 1.29 is 5.11 Å². The number of halogens is 1. The van der Waals surface area contributed by atoms with E-state index < -0.39 is 0 Å². The summed E-state index contributed by atoms with van der Waals surface area (Å²) in [5, 5.41) is 9.58. The van der Waals surface area contributed by atoms with Gasteiger partial charge in [-0.05, 0) is 37.9 Å². The van der Waals surface area contributed by atoms with E-state index in [2.05, 4.69) is 44.7 Å². The largest absolute Gasteiger partial charge is 0.508 e. The van der Waals surface area contributed by atoms with Crippen molar-refractivity contribution in [1.29, 1.82) is 0 Å². The van der Waals surface area contributed by atoms with Gasteiger partial charge in [0, 0.05) is 50.3 Å². The Bertz CT molecular complexity index is 431. The quantitative estimate of drug-likeness (QED) is 0.884. The van der Waals surface area contributed by atoms with Crippen LogP contribution in [0.1, 0.15) is 5.56 Å². The minimum Gasteiger partial charge on any atom is -0.508 e. The van der Waals surface area contributed by atoms with Crippen LogP contribution in [0.5, 0.6) is 5.75 Å². The number of rotatable bonds is 5. The normalized spacial score (nSPS) is 17.8. The first-order chi connectivity index (χ1) is 9.54. The van der Waals surface area contributed by atoms with Crippen LogP contribution in [-0.4, -0.2) is 73.2 Å². The molecule has 0 saturated carbocycles. The van der Waals surface area contributed by atoms with Gasteiger partial charge >= 0.3 is 0 Å². The summed E-state index contributed by atoms with van der Waals surface area (Å²) in [5.74, 6) is 0.341. The second-order valence-corrected chi connectivity index (χ2v) is 6.55. The molecule has 5 heteroatoms. The van der Waals surface area contributed by atoms with Gasteiger partial charge in [-0.15, -0.1) is 0 Å². The fourth-order valence-corrected chi connectivity index (χ4v) is 2.81. The van der Waals surface area contributed by atoms with E-state index in [0.29, 0.717) is 5.75 Å². The Kier molecular flexibility index (Phi) is 5.84. The molecule has 20 heavy (non-hydrogen) atoms. The standard InChI is InChI=1S/C15H24BrN3O/c1-17(2)5-6-18-7-9-19(10-8-18)12-13-11-14(20)3-4-15(13)16/h3-4,11,20H,5-10,12H2,1-2H3. The van der Waals surface area contributed by atoms with Crippen LogP contribution in [0.15, 0.2) is 22.7 Å². The monoisotopic (exact) mass is 341 g/mol. The Balaban J connectivity index is 1.81. The molecule has 1 aliphatic heterocycles. The molecule has 0 unspecified atom stereocenters. The molecule has 0 bridgehead atoms. The van der Waals surface area contributed by atoms with Crippen LogP contribution in [0, 0.1) is 0 Å². The molecular formula is C15H24BrN3O. The van der Waals surface area contributed by atoms with Gasteiger partial charge in [0.05, 0.1) is 0 Å². The summed E-state index contributed by atoms with van der Waals surface area (Å²) in [6.07, 6.45) is 0. The number of phenols is 1. The van der Waals surface area contributed by atoms with Crippen LogP contribution < -0.4 is 0 Å². The van der Waals surface area contributed by atoms with Crippen molar-refractivity contribution in [3.05, 3.63) is 28.2 Å². The van der Waals surface area contributed by atoms with Crippen LogP contribution in [0.2, 0.25) is 0 Å². The Morgan fingerprint density at radius 2 is 1.80 bits per heavy atom. The Morgan fingerprint density at radius 1 is 1.15 bits per heavy atom. The Labute approximate surface area is 130 Å². The molecule has 0 spiro atoms. The number of nitrogens with zero attached hydrogens (tertiary/aromatic N) is 3. The van der Waals surface area contributed by atoms with Crippen LogP contribution in [0.3, 0.4) is 0 Å². The first-order valence-electron chi connectivity index (χ1n) is 7.11. The van der Waals surface area contributed by atoms with E-state index in [4.69, 9.17) is 0 Å². The number of likely N-dealkylation sites (N-methyl/N-ethyl adjacent to an activating group) is 1. The summed E-state index contributed by atoms with van der Waals surface area (Å²) in [6, 6.07) is 5.48. The molecule has 0 amide bonds. The highest BCUT2D eigenvalue weighted by Gasteiger charge is 2.17. The summed E-state index contributed by atoms with van der Waals surface area (Å²) >= 11 is 3.56. The molecular weight excluding hydrogens is 318 g/mol. The van der Waals surface area contributed by atoms with Crippen LogP contribution in [0.4, 0.5) is 0 Å². The third-order valence-electron chi connectivity index (χ3n) is 3.75. The van der Waals surface area contributed by atoms with Crippen LogP contribution >= 0.6 is 15.9 Å². The van der Waals surface area contributed by atoms with Gasteiger partial charge in [0.25, 0.3) is 0 Å². The summed E-state index contributed by atoms with van der Waals surface area (Å²) in [4.78, 5) is 7.20. The molecule has 0 aromatic heterocycles. The second kappa shape index (κ2) is 7.41. The van der Waals surface area contributed by atoms with Crippen LogP contribution in [-0.2, 0) is 6.54 Å². The van der Waals surface area contributed by atoms with E-state index in [1.165, 1.54) is 0 Å². The molecule has 0 aliphatic carbocycles. The molecule has 1 aromatic carbocycles. The third-order valence-corrected chi connectivity index (χ3v) is 4.53. The first-order valence-corrected chi connectivity index (χ1v) is 7.91. The molecule has 1 heterocycles. The van der Waals surface area contributed by atoms with Crippen molar-refractivity contribution in [3.8, 4) is 5.75 Å². The van der Waals surface area contributed by atoms with Gasteiger partial charge in [-0.2, -0.15) is 0 Å². The van der Waals surface area contributed by atoms with Crippen LogP contribution in [0.25, 0.3) is 0 Å². The zero-order valence-corrected chi connectivity index (χ0v) is 13.9. The first kappa shape index (κ1) is 15.8. The van der Waals surface area contributed by atoms with Crippen molar-refractivity contribution in [3.63, 3.8) is 0 Å². The highest BCUT2D eigenvalue weighted by molar-refractivity contribution is 9.10. The van der Waals surface area contributed by atoms with E-state index in [0.717, 1.165) is 55.8 Å². The van der Waals surface area contributed by atoms with Gasteiger partial charge in [-0.3, -0.25) is 9.80 Å². The number of hydrogen-bond acceptors (Lipinski definition) is 4. The lowest BCUT2D eigenvalue weighted by molar-refractivity contribution is 0.120. The zero-order valence-electron chi connectivity index (χ0n) is 12.3. The van der Waals surface area contributed by atoms with Crippen molar-refractivity contribution in [2.45, 2.75) is 6.54 Å². The maximum atomic E-state index is 9.58. The lowest BCUT2D eigenvalue weighted by Gasteiger charge is -2.35. The molecule has 1 saturated heterocycles. The lowest BCUT2D eigenvalue weighted by atomic mass is 10.2.